The van der Waals surface area contributed by atoms with Crippen LogP contribution >= 0.6 is 23.7 Å². The van der Waals surface area contributed by atoms with Crippen LogP contribution in [0.2, 0.25) is 0 Å². The van der Waals surface area contributed by atoms with Crippen molar-refractivity contribution in [3.63, 3.8) is 0 Å². The molecular formula is C26H36ClN3OS. The molecule has 3 aromatic rings. The molecule has 3 rings (SSSR count). The molecule has 0 bridgehead atoms. The fraction of sp³-hybridized carbons (Fsp3) is 0.462. The Hall–Kier alpha value is -1.95. The number of carbonyl (C=O) groups is 1. The van der Waals surface area contributed by atoms with Crippen LogP contribution in [0.25, 0.3) is 10.2 Å². The maximum absolute atomic E-state index is 13.6. The molecule has 0 radical (unpaired) electrons. The highest BCUT2D eigenvalue weighted by Gasteiger charge is 2.22. The largest absolute Gasteiger partial charge is 0.302 e. The van der Waals surface area contributed by atoms with E-state index in [-0.39, 0.29) is 18.3 Å². The minimum atomic E-state index is 0. The third kappa shape index (κ3) is 5.89. The molecule has 0 unspecified atom stereocenters. The number of rotatable bonds is 8. The van der Waals surface area contributed by atoms with Crippen LogP contribution in [0.5, 0.6) is 0 Å². The number of benzene rings is 2. The Morgan fingerprint density at radius 3 is 2.03 bits per heavy atom. The van der Waals surface area contributed by atoms with Crippen molar-refractivity contribution in [3.05, 3.63) is 57.6 Å². The molecule has 0 aliphatic heterocycles. The fourth-order valence-corrected chi connectivity index (χ4v) is 5.38. The molecule has 1 aromatic heterocycles. The SMILES string of the molecule is CCN(CC)CCN(C(=O)Cc1c(C)cc(C)cc1C)c1nc2cc(C)cc(C)c2s1.Cl. The lowest BCUT2D eigenvalue weighted by Crippen LogP contribution is -2.39. The number of amides is 1. The van der Waals surface area contributed by atoms with E-state index in [1.54, 1.807) is 11.3 Å². The molecule has 1 amide bonds. The summed E-state index contributed by atoms with van der Waals surface area (Å²) in [6.07, 6.45) is 0.407. The number of aromatic nitrogens is 1. The molecule has 32 heavy (non-hydrogen) atoms. The van der Waals surface area contributed by atoms with Crippen LogP contribution in [0, 0.1) is 34.6 Å². The molecule has 0 N–H and O–H groups in total. The van der Waals surface area contributed by atoms with Crippen molar-refractivity contribution < 1.29 is 4.79 Å². The number of hydrogen-bond acceptors (Lipinski definition) is 4. The molecule has 0 spiro atoms. The summed E-state index contributed by atoms with van der Waals surface area (Å²) in [6.45, 7) is 18.3. The Kier molecular flexibility index (Phi) is 9.26. The summed E-state index contributed by atoms with van der Waals surface area (Å²) in [7, 11) is 0. The monoisotopic (exact) mass is 473 g/mol. The number of likely N-dealkylation sites (N-methyl/N-ethyl adjacent to an activating group) is 1. The van der Waals surface area contributed by atoms with E-state index < -0.39 is 0 Å². The van der Waals surface area contributed by atoms with Gasteiger partial charge >= 0.3 is 0 Å². The van der Waals surface area contributed by atoms with Crippen LogP contribution < -0.4 is 4.90 Å². The van der Waals surface area contributed by atoms with E-state index in [4.69, 9.17) is 4.98 Å². The number of hydrogen-bond donors (Lipinski definition) is 0. The third-order valence-electron chi connectivity index (χ3n) is 6.04. The van der Waals surface area contributed by atoms with E-state index in [2.05, 4.69) is 77.6 Å². The zero-order valence-corrected chi connectivity index (χ0v) is 22.0. The second-order valence-corrected chi connectivity index (χ2v) is 9.53. The van der Waals surface area contributed by atoms with Crippen molar-refractivity contribution in [1.29, 1.82) is 0 Å². The van der Waals surface area contributed by atoms with Gasteiger partial charge in [-0.05, 0) is 81.6 Å². The Balaban J connectivity index is 0.00000363. The number of nitrogens with zero attached hydrogens (tertiary/aromatic N) is 3. The predicted molar refractivity (Wildman–Crippen MR) is 141 cm³/mol. The summed E-state index contributed by atoms with van der Waals surface area (Å²) in [5, 5.41) is 0.809. The first-order valence-electron chi connectivity index (χ1n) is 11.2. The lowest BCUT2D eigenvalue weighted by Gasteiger charge is -2.25. The van der Waals surface area contributed by atoms with Gasteiger partial charge in [-0.1, -0.05) is 48.9 Å². The molecule has 0 fully saturated rings. The minimum Gasteiger partial charge on any atom is -0.302 e. The number of halogens is 1. The minimum absolute atomic E-state index is 0. The van der Waals surface area contributed by atoms with Crippen molar-refractivity contribution in [2.45, 2.75) is 54.9 Å². The fourth-order valence-electron chi connectivity index (χ4n) is 4.32. The Labute approximate surface area is 203 Å². The van der Waals surface area contributed by atoms with Gasteiger partial charge in [0.05, 0.1) is 16.6 Å². The average molecular weight is 474 g/mol. The van der Waals surface area contributed by atoms with Crippen molar-refractivity contribution in [2.75, 3.05) is 31.1 Å². The van der Waals surface area contributed by atoms with Gasteiger partial charge in [-0.15, -0.1) is 12.4 Å². The van der Waals surface area contributed by atoms with Crippen molar-refractivity contribution >= 4 is 45.0 Å². The summed E-state index contributed by atoms with van der Waals surface area (Å²) in [5.41, 5.74) is 8.16. The molecule has 2 aromatic carbocycles. The highest BCUT2D eigenvalue weighted by molar-refractivity contribution is 7.22. The van der Waals surface area contributed by atoms with E-state index in [9.17, 15) is 4.79 Å². The standard InChI is InChI=1S/C26H35N3OS.ClH/c1-8-28(9-2)10-11-29(24(30)16-22-19(5)12-17(3)13-20(22)6)26-27-23-15-18(4)14-21(7)25(23)31-26;/h12-15H,8-11,16H2,1-7H3;1H. The molecule has 0 saturated carbocycles. The van der Waals surface area contributed by atoms with Gasteiger partial charge in [0.25, 0.3) is 0 Å². The highest BCUT2D eigenvalue weighted by Crippen LogP contribution is 2.32. The van der Waals surface area contributed by atoms with Gasteiger partial charge in [-0.2, -0.15) is 0 Å². The van der Waals surface area contributed by atoms with Crippen LogP contribution in [0.15, 0.2) is 24.3 Å². The Morgan fingerprint density at radius 2 is 1.44 bits per heavy atom. The molecule has 0 aliphatic carbocycles. The predicted octanol–water partition coefficient (Wildman–Crippen LogP) is 6.18. The normalized spacial score (nSPS) is 11.1. The summed E-state index contributed by atoms with van der Waals surface area (Å²) in [5.74, 6) is 0.121. The molecular weight excluding hydrogens is 438 g/mol. The van der Waals surface area contributed by atoms with Crippen molar-refractivity contribution in [2.24, 2.45) is 0 Å². The second-order valence-electron chi connectivity index (χ2n) is 8.55. The van der Waals surface area contributed by atoms with Crippen molar-refractivity contribution in [1.82, 2.24) is 9.88 Å². The first-order valence-corrected chi connectivity index (χ1v) is 12.0. The van der Waals surface area contributed by atoms with Crippen LogP contribution in [0.1, 0.15) is 47.2 Å². The van der Waals surface area contributed by atoms with Gasteiger partial charge in [0, 0.05) is 13.1 Å². The lowest BCUT2D eigenvalue weighted by atomic mass is 9.97. The topological polar surface area (TPSA) is 36.4 Å². The maximum atomic E-state index is 13.6. The van der Waals surface area contributed by atoms with E-state index in [0.717, 1.165) is 35.8 Å². The van der Waals surface area contributed by atoms with Gasteiger partial charge in [0.2, 0.25) is 5.91 Å². The third-order valence-corrected chi connectivity index (χ3v) is 7.27. The first kappa shape index (κ1) is 26.3. The molecule has 0 atom stereocenters. The van der Waals surface area contributed by atoms with Gasteiger partial charge in [-0.25, -0.2) is 4.98 Å². The van der Waals surface area contributed by atoms with Crippen LogP contribution in [-0.4, -0.2) is 42.0 Å². The van der Waals surface area contributed by atoms with E-state index in [1.165, 1.54) is 32.5 Å². The summed E-state index contributed by atoms with van der Waals surface area (Å²) in [4.78, 5) is 22.8. The van der Waals surface area contributed by atoms with Gasteiger partial charge in [0.1, 0.15) is 0 Å². The molecule has 6 heteroatoms. The quantitative estimate of drug-likeness (QED) is 0.392. The molecule has 4 nitrogen and oxygen atoms in total. The van der Waals surface area contributed by atoms with E-state index in [0.29, 0.717) is 13.0 Å². The zero-order valence-electron chi connectivity index (χ0n) is 20.4. The Bertz CT molecular complexity index is 1070. The number of carbonyl (C=O) groups excluding carboxylic acids is 1. The number of thiazole rings is 1. The van der Waals surface area contributed by atoms with E-state index in [1.807, 2.05) is 4.90 Å². The highest BCUT2D eigenvalue weighted by atomic mass is 35.5. The van der Waals surface area contributed by atoms with Crippen LogP contribution in [-0.2, 0) is 11.2 Å². The van der Waals surface area contributed by atoms with Crippen molar-refractivity contribution in [3.8, 4) is 0 Å². The summed E-state index contributed by atoms with van der Waals surface area (Å²) in [6, 6.07) is 8.63. The first-order chi connectivity index (χ1) is 14.7. The second kappa shape index (κ2) is 11.3. The number of aryl methyl sites for hydroxylation is 5. The van der Waals surface area contributed by atoms with Crippen LogP contribution in [0.4, 0.5) is 5.13 Å². The number of anilines is 1. The average Bonchev–Trinajstić information content (AvgIpc) is 3.12. The molecule has 1 heterocycles. The summed E-state index contributed by atoms with van der Waals surface area (Å²) < 4.78 is 1.17. The van der Waals surface area contributed by atoms with Gasteiger partial charge in [-0.3, -0.25) is 9.69 Å². The lowest BCUT2D eigenvalue weighted by molar-refractivity contribution is -0.118. The van der Waals surface area contributed by atoms with Gasteiger partial charge < -0.3 is 4.90 Å². The molecule has 0 aliphatic rings. The maximum Gasteiger partial charge on any atom is 0.233 e. The summed E-state index contributed by atoms with van der Waals surface area (Å²) >= 11 is 1.63. The smallest absolute Gasteiger partial charge is 0.233 e. The van der Waals surface area contributed by atoms with Crippen LogP contribution in [0.3, 0.4) is 0 Å². The van der Waals surface area contributed by atoms with E-state index >= 15 is 0 Å². The van der Waals surface area contributed by atoms with Gasteiger partial charge in [0.15, 0.2) is 5.13 Å². The zero-order chi connectivity index (χ0) is 22.7. The Morgan fingerprint density at radius 1 is 0.875 bits per heavy atom. The number of fused-ring (bicyclic) bond motifs is 1. The molecule has 174 valence electrons. The molecule has 0 saturated heterocycles.